The van der Waals surface area contributed by atoms with Crippen LogP contribution in [-0.4, -0.2) is 31.2 Å². The summed E-state index contributed by atoms with van der Waals surface area (Å²) in [4.78, 5) is 2.30. The molecule has 0 atom stereocenters. The molecular formula is C9H13N2O. The smallest absolute Gasteiger partial charge is 0.152 e. The Kier molecular flexibility index (Phi) is 2.44. The predicted octanol–water partition coefficient (Wildman–Crippen LogP) is 0.481. The van der Waals surface area contributed by atoms with E-state index in [1.165, 1.54) is 6.17 Å². The fourth-order valence-corrected chi connectivity index (χ4v) is 1.38. The van der Waals surface area contributed by atoms with Gasteiger partial charge in [-0.15, -0.1) is 0 Å². The van der Waals surface area contributed by atoms with Crippen molar-refractivity contribution in [3.63, 3.8) is 0 Å². The van der Waals surface area contributed by atoms with Crippen LogP contribution in [0.2, 0.25) is 0 Å². The van der Waals surface area contributed by atoms with Crippen molar-refractivity contribution in [1.82, 2.24) is 10.2 Å². The van der Waals surface area contributed by atoms with Gasteiger partial charge >= 0.3 is 0 Å². The van der Waals surface area contributed by atoms with Crippen LogP contribution in [0.5, 0.6) is 0 Å². The van der Waals surface area contributed by atoms with Gasteiger partial charge in [-0.3, -0.25) is 4.90 Å². The molecule has 0 bridgehead atoms. The average Bonchev–Trinajstić information content (AvgIpc) is 2.21. The van der Waals surface area contributed by atoms with E-state index in [9.17, 15) is 0 Å². The Morgan fingerprint density at radius 3 is 2.75 bits per heavy atom. The minimum Gasteiger partial charge on any atom is -0.379 e. The predicted molar refractivity (Wildman–Crippen MR) is 47.1 cm³/mol. The molecule has 0 aromatic carbocycles. The lowest BCUT2D eigenvalue weighted by molar-refractivity contribution is 0.0417. The van der Waals surface area contributed by atoms with Crippen molar-refractivity contribution in [3.05, 3.63) is 30.6 Å². The molecule has 0 aliphatic carbocycles. The van der Waals surface area contributed by atoms with Crippen LogP contribution in [0.4, 0.5) is 0 Å². The number of allylic oxidation sites excluding steroid dienone is 2. The van der Waals surface area contributed by atoms with Crippen LogP contribution in [-0.2, 0) is 4.74 Å². The minimum atomic E-state index is 0.836. The lowest BCUT2D eigenvalue weighted by Crippen LogP contribution is -2.43. The summed E-state index contributed by atoms with van der Waals surface area (Å²) in [6, 6.07) is 0. The van der Waals surface area contributed by atoms with Crippen LogP contribution in [0.15, 0.2) is 24.4 Å². The van der Waals surface area contributed by atoms with Gasteiger partial charge in [0.25, 0.3) is 0 Å². The minimum absolute atomic E-state index is 0.836. The van der Waals surface area contributed by atoms with Gasteiger partial charge in [0, 0.05) is 13.1 Å². The van der Waals surface area contributed by atoms with Gasteiger partial charge in [-0.25, -0.2) is 0 Å². The van der Waals surface area contributed by atoms with Gasteiger partial charge in [-0.2, -0.15) is 0 Å². The number of hydrogen-bond donors (Lipinski definition) is 1. The van der Waals surface area contributed by atoms with Gasteiger partial charge in [-0.05, 0) is 18.4 Å². The van der Waals surface area contributed by atoms with Crippen LogP contribution in [0.1, 0.15) is 0 Å². The van der Waals surface area contributed by atoms with E-state index in [1.54, 1.807) is 0 Å². The summed E-state index contributed by atoms with van der Waals surface area (Å²) in [5.74, 6) is 0. The van der Waals surface area contributed by atoms with Gasteiger partial charge in [0.15, 0.2) is 6.17 Å². The number of hydrogen-bond acceptors (Lipinski definition) is 3. The number of morpholine rings is 1. The van der Waals surface area contributed by atoms with E-state index >= 15 is 0 Å². The molecule has 0 amide bonds. The normalized spacial score (nSPS) is 25.7. The molecule has 0 spiro atoms. The van der Waals surface area contributed by atoms with E-state index in [-0.39, 0.29) is 0 Å². The maximum Gasteiger partial charge on any atom is 0.152 e. The Bertz CT molecular complexity index is 195. The van der Waals surface area contributed by atoms with Crippen molar-refractivity contribution < 1.29 is 4.74 Å². The summed E-state index contributed by atoms with van der Waals surface area (Å²) in [5, 5.41) is 3.21. The van der Waals surface area contributed by atoms with E-state index in [0.29, 0.717) is 0 Å². The van der Waals surface area contributed by atoms with Crippen molar-refractivity contribution in [2.75, 3.05) is 26.3 Å². The lowest BCUT2D eigenvalue weighted by Gasteiger charge is -2.32. The fraction of sp³-hybridized carbons (Fsp3) is 0.444. The topological polar surface area (TPSA) is 24.5 Å². The molecule has 0 aromatic rings. The summed E-state index contributed by atoms with van der Waals surface area (Å²) < 4.78 is 5.27. The molecule has 2 aliphatic heterocycles. The molecule has 2 aliphatic rings. The van der Waals surface area contributed by atoms with Crippen molar-refractivity contribution in [3.8, 4) is 0 Å². The second kappa shape index (κ2) is 3.74. The van der Waals surface area contributed by atoms with Crippen LogP contribution in [0, 0.1) is 6.17 Å². The maximum atomic E-state index is 5.27. The third-order valence-electron chi connectivity index (χ3n) is 2.04. The summed E-state index contributed by atoms with van der Waals surface area (Å²) in [6.07, 6.45) is 9.25. The molecule has 1 fully saturated rings. The van der Waals surface area contributed by atoms with E-state index < -0.39 is 0 Å². The number of ether oxygens (including phenoxy) is 1. The van der Waals surface area contributed by atoms with Crippen LogP contribution < -0.4 is 5.32 Å². The van der Waals surface area contributed by atoms with E-state index in [4.69, 9.17) is 4.74 Å². The summed E-state index contributed by atoms with van der Waals surface area (Å²) >= 11 is 0. The molecule has 2 heterocycles. The highest BCUT2D eigenvalue weighted by Gasteiger charge is 2.18. The van der Waals surface area contributed by atoms with Gasteiger partial charge < -0.3 is 10.1 Å². The van der Waals surface area contributed by atoms with Gasteiger partial charge in [0.2, 0.25) is 0 Å². The van der Waals surface area contributed by atoms with Crippen molar-refractivity contribution in [1.29, 1.82) is 0 Å². The third-order valence-corrected chi connectivity index (χ3v) is 2.04. The maximum absolute atomic E-state index is 5.27. The van der Waals surface area contributed by atoms with Crippen molar-refractivity contribution in [2.45, 2.75) is 0 Å². The standard InChI is InChI=1S/C9H13N2O/c1-2-4-10-9(3-1)11-5-7-12-8-6-11/h1-4,10H,5-8H2. The number of nitrogens with zero attached hydrogens (tertiary/aromatic N) is 1. The van der Waals surface area contributed by atoms with E-state index in [2.05, 4.69) is 16.3 Å². The summed E-state index contributed by atoms with van der Waals surface area (Å²) in [5.41, 5.74) is 0. The summed E-state index contributed by atoms with van der Waals surface area (Å²) in [6.45, 7) is 3.65. The first-order chi connectivity index (χ1) is 5.97. The van der Waals surface area contributed by atoms with Gasteiger partial charge in [0.1, 0.15) is 0 Å². The molecule has 3 nitrogen and oxygen atoms in total. The largest absolute Gasteiger partial charge is 0.379 e. The van der Waals surface area contributed by atoms with E-state index in [0.717, 1.165) is 26.3 Å². The Morgan fingerprint density at radius 2 is 2.08 bits per heavy atom. The molecule has 3 heteroatoms. The van der Waals surface area contributed by atoms with Crippen molar-refractivity contribution >= 4 is 0 Å². The molecule has 0 saturated carbocycles. The second-order valence-electron chi connectivity index (χ2n) is 2.85. The first kappa shape index (κ1) is 7.83. The number of nitrogens with one attached hydrogen (secondary N) is 1. The highest BCUT2D eigenvalue weighted by molar-refractivity contribution is 5.20. The fourth-order valence-electron chi connectivity index (χ4n) is 1.38. The highest BCUT2D eigenvalue weighted by Crippen LogP contribution is 2.11. The van der Waals surface area contributed by atoms with Crippen molar-refractivity contribution in [2.24, 2.45) is 0 Å². The van der Waals surface area contributed by atoms with Gasteiger partial charge in [0.05, 0.1) is 13.2 Å². The Labute approximate surface area is 72.7 Å². The average molecular weight is 165 g/mol. The summed E-state index contributed by atoms with van der Waals surface area (Å²) in [7, 11) is 0. The zero-order chi connectivity index (χ0) is 8.23. The van der Waals surface area contributed by atoms with Gasteiger partial charge in [-0.1, -0.05) is 6.08 Å². The first-order valence-corrected chi connectivity index (χ1v) is 4.26. The number of dihydropyridines is 1. The second-order valence-corrected chi connectivity index (χ2v) is 2.85. The zero-order valence-corrected chi connectivity index (χ0v) is 6.99. The molecule has 12 heavy (non-hydrogen) atoms. The Hall–Kier alpha value is -0.800. The Balaban J connectivity index is 1.90. The van der Waals surface area contributed by atoms with Crippen LogP contribution in [0.25, 0.3) is 0 Å². The first-order valence-electron chi connectivity index (χ1n) is 4.26. The Morgan fingerprint density at radius 1 is 1.25 bits per heavy atom. The monoisotopic (exact) mass is 165 g/mol. The molecule has 1 radical (unpaired) electrons. The molecule has 0 aromatic heterocycles. The zero-order valence-electron chi connectivity index (χ0n) is 6.99. The molecule has 1 saturated heterocycles. The van der Waals surface area contributed by atoms with Crippen LogP contribution in [0.3, 0.4) is 0 Å². The molecular weight excluding hydrogens is 152 g/mol. The molecule has 1 N–H and O–H groups in total. The van der Waals surface area contributed by atoms with Crippen LogP contribution >= 0.6 is 0 Å². The lowest BCUT2D eigenvalue weighted by atomic mass is 10.3. The quantitative estimate of drug-likeness (QED) is 0.611. The SMILES string of the molecule is C1=CN[C](N2CCOCC2)C=C1. The molecule has 65 valence electrons. The number of rotatable bonds is 1. The highest BCUT2D eigenvalue weighted by atomic mass is 16.5. The molecule has 2 rings (SSSR count). The molecule has 0 unspecified atom stereocenters. The van der Waals surface area contributed by atoms with E-state index in [1.807, 2.05) is 18.4 Å². The third kappa shape index (κ3) is 1.68.